The van der Waals surface area contributed by atoms with E-state index in [4.69, 9.17) is 4.52 Å². The highest BCUT2D eigenvalue weighted by molar-refractivity contribution is 5.28. The van der Waals surface area contributed by atoms with Gasteiger partial charge in [-0.25, -0.2) is 0 Å². The normalized spacial score (nSPS) is 12.5. The molecule has 0 aliphatic carbocycles. The van der Waals surface area contributed by atoms with Crippen molar-refractivity contribution in [3.8, 4) is 5.75 Å². The summed E-state index contributed by atoms with van der Waals surface area (Å²) in [5.41, 5.74) is 2.05. The highest BCUT2D eigenvalue weighted by atomic mass is 16.5. The summed E-state index contributed by atoms with van der Waals surface area (Å²) in [7, 11) is 0. The monoisotopic (exact) mass is 232 g/mol. The fraction of sp³-hybridized carbons (Fsp3) is 0.308. The van der Waals surface area contributed by atoms with Gasteiger partial charge in [0.1, 0.15) is 12.0 Å². The Morgan fingerprint density at radius 2 is 2.06 bits per heavy atom. The van der Waals surface area contributed by atoms with Crippen LogP contribution in [0.25, 0.3) is 0 Å². The Kier molecular flexibility index (Phi) is 3.77. The van der Waals surface area contributed by atoms with Crippen molar-refractivity contribution in [1.82, 2.24) is 10.5 Å². The minimum atomic E-state index is 0.257. The molecule has 0 saturated carbocycles. The molecule has 4 heteroatoms. The van der Waals surface area contributed by atoms with Gasteiger partial charge in [0.2, 0.25) is 0 Å². The average molecular weight is 232 g/mol. The molecule has 0 spiro atoms. The van der Waals surface area contributed by atoms with E-state index in [0.29, 0.717) is 12.3 Å². The zero-order valence-electron chi connectivity index (χ0n) is 9.76. The van der Waals surface area contributed by atoms with Crippen molar-refractivity contribution in [3.05, 3.63) is 47.9 Å². The van der Waals surface area contributed by atoms with Crippen LogP contribution < -0.4 is 5.32 Å². The molecule has 0 saturated heterocycles. The van der Waals surface area contributed by atoms with Crippen LogP contribution in [-0.4, -0.2) is 10.3 Å². The SMILES string of the molecule is CCC(NCc1ccon1)c1ccc(O)cc1. The Balaban J connectivity index is 1.99. The lowest BCUT2D eigenvalue weighted by Gasteiger charge is -2.16. The molecule has 2 N–H and O–H groups in total. The number of aromatic hydroxyl groups is 1. The van der Waals surface area contributed by atoms with Crippen molar-refractivity contribution in [3.63, 3.8) is 0 Å². The Hall–Kier alpha value is -1.81. The molecule has 2 aromatic rings. The molecule has 2 rings (SSSR count). The molecule has 0 aliphatic heterocycles. The number of phenolic OH excluding ortho intramolecular Hbond substituents is 1. The van der Waals surface area contributed by atoms with E-state index in [2.05, 4.69) is 17.4 Å². The summed E-state index contributed by atoms with van der Waals surface area (Å²) in [6, 6.07) is 9.37. The first-order valence-corrected chi connectivity index (χ1v) is 5.71. The van der Waals surface area contributed by atoms with E-state index in [1.165, 1.54) is 0 Å². The molecule has 0 amide bonds. The largest absolute Gasteiger partial charge is 0.508 e. The van der Waals surface area contributed by atoms with Gasteiger partial charge in [-0.05, 0) is 24.1 Å². The van der Waals surface area contributed by atoms with E-state index in [1.54, 1.807) is 18.4 Å². The van der Waals surface area contributed by atoms with E-state index in [9.17, 15) is 5.11 Å². The van der Waals surface area contributed by atoms with Crippen molar-refractivity contribution in [2.75, 3.05) is 0 Å². The molecule has 1 aromatic carbocycles. The Morgan fingerprint density at radius 1 is 1.29 bits per heavy atom. The van der Waals surface area contributed by atoms with Gasteiger partial charge < -0.3 is 14.9 Å². The number of nitrogens with zero attached hydrogens (tertiary/aromatic N) is 1. The first kappa shape index (κ1) is 11.7. The van der Waals surface area contributed by atoms with Gasteiger partial charge in [-0.15, -0.1) is 0 Å². The number of benzene rings is 1. The highest BCUT2D eigenvalue weighted by Gasteiger charge is 2.09. The van der Waals surface area contributed by atoms with Crippen LogP contribution in [0.1, 0.15) is 30.6 Å². The van der Waals surface area contributed by atoms with Gasteiger partial charge >= 0.3 is 0 Å². The summed E-state index contributed by atoms with van der Waals surface area (Å²) in [5, 5.41) is 16.5. The van der Waals surface area contributed by atoms with Gasteiger partial charge in [-0.1, -0.05) is 24.2 Å². The zero-order valence-corrected chi connectivity index (χ0v) is 9.76. The Labute approximate surface area is 100 Å². The smallest absolute Gasteiger partial charge is 0.124 e. The van der Waals surface area contributed by atoms with Crippen molar-refractivity contribution >= 4 is 0 Å². The van der Waals surface area contributed by atoms with E-state index in [-0.39, 0.29) is 6.04 Å². The molecule has 1 aromatic heterocycles. The molecule has 4 nitrogen and oxygen atoms in total. The first-order valence-electron chi connectivity index (χ1n) is 5.71. The minimum absolute atomic E-state index is 0.257. The first-order chi connectivity index (χ1) is 8.29. The summed E-state index contributed by atoms with van der Waals surface area (Å²) in [6.45, 7) is 2.79. The molecule has 1 unspecified atom stereocenters. The summed E-state index contributed by atoms with van der Waals surface area (Å²) in [6.07, 6.45) is 2.54. The van der Waals surface area contributed by atoms with Crippen LogP contribution in [0.3, 0.4) is 0 Å². The lowest BCUT2D eigenvalue weighted by molar-refractivity contribution is 0.403. The van der Waals surface area contributed by atoms with Crippen molar-refractivity contribution in [2.45, 2.75) is 25.9 Å². The van der Waals surface area contributed by atoms with E-state index in [0.717, 1.165) is 17.7 Å². The van der Waals surface area contributed by atoms with E-state index >= 15 is 0 Å². The van der Waals surface area contributed by atoms with E-state index < -0.39 is 0 Å². The summed E-state index contributed by atoms with van der Waals surface area (Å²) >= 11 is 0. The molecule has 1 heterocycles. The lowest BCUT2D eigenvalue weighted by atomic mass is 10.0. The van der Waals surface area contributed by atoms with E-state index in [1.807, 2.05) is 18.2 Å². The van der Waals surface area contributed by atoms with Gasteiger partial charge in [0.05, 0.1) is 5.69 Å². The third-order valence-corrected chi connectivity index (χ3v) is 2.72. The Bertz CT molecular complexity index is 437. The number of aromatic nitrogens is 1. The molecule has 1 atom stereocenters. The number of nitrogens with one attached hydrogen (secondary N) is 1. The van der Waals surface area contributed by atoms with Crippen LogP contribution in [0.5, 0.6) is 5.75 Å². The van der Waals surface area contributed by atoms with Crippen LogP contribution in [0.4, 0.5) is 0 Å². The predicted molar refractivity (Wildman–Crippen MR) is 64.5 cm³/mol. The molecular formula is C13H16N2O2. The summed E-state index contributed by atoms with van der Waals surface area (Å²) in [5.74, 6) is 0.292. The molecule has 0 radical (unpaired) electrons. The summed E-state index contributed by atoms with van der Waals surface area (Å²) < 4.78 is 4.78. The Morgan fingerprint density at radius 3 is 2.65 bits per heavy atom. The number of rotatable bonds is 5. The van der Waals surface area contributed by atoms with Gasteiger partial charge in [-0.2, -0.15) is 0 Å². The minimum Gasteiger partial charge on any atom is -0.508 e. The maximum Gasteiger partial charge on any atom is 0.124 e. The quantitative estimate of drug-likeness (QED) is 0.832. The maximum atomic E-state index is 9.25. The molecule has 17 heavy (non-hydrogen) atoms. The third kappa shape index (κ3) is 3.07. The van der Waals surface area contributed by atoms with Gasteiger partial charge in [0.25, 0.3) is 0 Å². The van der Waals surface area contributed by atoms with Crippen LogP contribution in [0.15, 0.2) is 41.1 Å². The zero-order chi connectivity index (χ0) is 12.1. The predicted octanol–water partition coefficient (Wildman–Crippen LogP) is 2.62. The second kappa shape index (κ2) is 5.50. The van der Waals surface area contributed by atoms with Crippen molar-refractivity contribution < 1.29 is 9.63 Å². The lowest BCUT2D eigenvalue weighted by Crippen LogP contribution is -2.20. The fourth-order valence-corrected chi connectivity index (χ4v) is 1.76. The van der Waals surface area contributed by atoms with Crippen LogP contribution in [0, 0.1) is 0 Å². The van der Waals surface area contributed by atoms with Gasteiger partial charge in [-0.3, -0.25) is 0 Å². The van der Waals surface area contributed by atoms with Crippen LogP contribution in [-0.2, 0) is 6.54 Å². The fourth-order valence-electron chi connectivity index (χ4n) is 1.76. The van der Waals surface area contributed by atoms with Gasteiger partial charge in [0, 0.05) is 18.7 Å². The molecular weight excluding hydrogens is 216 g/mol. The second-order valence-electron chi connectivity index (χ2n) is 3.92. The van der Waals surface area contributed by atoms with Crippen molar-refractivity contribution in [1.29, 1.82) is 0 Å². The maximum absolute atomic E-state index is 9.25. The summed E-state index contributed by atoms with van der Waals surface area (Å²) in [4.78, 5) is 0. The number of hydrogen-bond donors (Lipinski definition) is 2. The number of hydrogen-bond acceptors (Lipinski definition) is 4. The second-order valence-corrected chi connectivity index (χ2v) is 3.92. The standard InChI is InChI=1S/C13H16N2O2/c1-2-13(10-3-5-12(16)6-4-10)14-9-11-7-8-17-15-11/h3-8,13-14,16H,2,9H2,1H3. The molecule has 0 fully saturated rings. The molecule has 90 valence electrons. The highest BCUT2D eigenvalue weighted by Crippen LogP contribution is 2.19. The average Bonchev–Trinajstić information content (AvgIpc) is 2.85. The third-order valence-electron chi connectivity index (χ3n) is 2.72. The molecule has 0 bridgehead atoms. The van der Waals surface area contributed by atoms with Crippen molar-refractivity contribution in [2.24, 2.45) is 0 Å². The van der Waals surface area contributed by atoms with Crippen LogP contribution >= 0.6 is 0 Å². The number of phenols is 1. The van der Waals surface area contributed by atoms with Gasteiger partial charge in [0.15, 0.2) is 0 Å². The topological polar surface area (TPSA) is 58.3 Å². The molecule has 0 aliphatic rings. The van der Waals surface area contributed by atoms with Crippen LogP contribution in [0.2, 0.25) is 0 Å².